The Hall–Kier alpha value is -2.36. The lowest BCUT2D eigenvalue weighted by Gasteiger charge is -2.10. The summed E-state index contributed by atoms with van der Waals surface area (Å²) in [6.07, 6.45) is 1.69. The van der Waals surface area contributed by atoms with Crippen LogP contribution in [0.2, 0.25) is 0 Å². The van der Waals surface area contributed by atoms with E-state index in [1.807, 2.05) is 39.0 Å². The maximum absolute atomic E-state index is 12.0. The number of amides is 1. The first-order chi connectivity index (χ1) is 9.45. The highest BCUT2D eigenvalue weighted by atomic mass is 16.2. The van der Waals surface area contributed by atoms with E-state index in [1.165, 1.54) is 10.6 Å². The van der Waals surface area contributed by atoms with E-state index in [0.717, 1.165) is 22.4 Å². The molecule has 0 bridgehead atoms. The molecule has 0 aliphatic rings. The molecule has 104 valence electrons. The van der Waals surface area contributed by atoms with Gasteiger partial charge in [0.2, 0.25) is 5.91 Å². The van der Waals surface area contributed by atoms with Gasteiger partial charge in [0.05, 0.1) is 0 Å². The molecule has 0 saturated carbocycles. The minimum absolute atomic E-state index is 0.0217. The van der Waals surface area contributed by atoms with Gasteiger partial charge in [0.15, 0.2) is 0 Å². The summed E-state index contributed by atoms with van der Waals surface area (Å²) < 4.78 is 1.41. The molecule has 0 unspecified atom stereocenters. The largest absolute Gasteiger partial charge is 0.324 e. The number of aryl methyl sites for hydroxylation is 3. The maximum atomic E-state index is 12.0. The van der Waals surface area contributed by atoms with Crippen LogP contribution < -0.4 is 10.9 Å². The Kier molecular flexibility index (Phi) is 4.03. The average Bonchev–Trinajstić information content (AvgIpc) is 2.38. The molecule has 0 aliphatic heterocycles. The van der Waals surface area contributed by atoms with E-state index in [2.05, 4.69) is 5.32 Å². The van der Waals surface area contributed by atoms with E-state index >= 15 is 0 Å². The first kappa shape index (κ1) is 14.1. The van der Waals surface area contributed by atoms with Crippen LogP contribution in [0.4, 0.5) is 5.69 Å². The monoisotopic (exact) mass is 270 g/mol. The van der Waals surface area contributed by atoms with Gasteiger partial charge in [-0.1, -0.05) is 18.2 Å². The average molecular weight is 270 g/mol. The standard InChI is InChI=1S/C16H18N2O2/c1-11-4-6-13(3)14(8-11)17-15(19)10-18-9-12(2)5-7-16(18)20/h4-9H,10H2,1-3H3,(H,17,19). The third kappa shape index (κ3) is 3.35. The number of nitrogens with one attached hydrogen (secondary N) is 1. The van der Waals surface area contributed by atoms with Crippen molar-refractivity contribution in [2.75, 3.05) is 5.32 Å². The zero-order valence-corrected chi connectivity index (χ0v) is 11.9. The third-order valence-corrected chi connectivity index (χ3v) is 3.11. The van der Waals surface area contributed by atoms with Crippen molar-refractivity contribution in [1.82, 2.24) is 4.57 Å². The lowest BCUT2D eigenvalue weighted by Crippen LogP contribution is -2.27. The molecule has 2 aromatic rings. The van der Waals surface area contributed by atoms with Gasteiger partial charge in [0.1, 0.15) is 6.54 Å². The quantitative estimate of drug-likeness (QED) is 0.931. The van der Waals surface area contributed by atoms with Crippen LogP contribution in [0.3, 0.4) is 0 Å². The summed E-state index contributed by atoms with van der Waals surface area (Å²) in [4.78, 5) is 23.7. The van der Waals surface area contributed by atoms with Crippen LogP contribution in [0.15, 0.2) is 41.3 Å². The second-order valence-corrected chi connectivity index (χ2v) is 5.04. The summed E-state index contributed by atoms with van der Waals surface area (Å²) in [6.45, 7) is 5.82. The Morgan fingerprint density at radius 1 is 1.10 bits per heavy atom. The van der Waals surface area contributed by atoms with Crippen molar-refractivity contribution in [3.8, 4) is 0 Å². The third-order valence-electron chi connectivity index (χ3n) is 3.11. The fourth-order valence-electron chi connectivity index (χ4n) is 1.99. The first-order valence-corrected chi connectivity index (χ1v) is 6.50. The summed E-state index contributed by atoms with van der Waals surface area (Å²) in [5.41, 5.74) is 3.64. The number of rotatable bonds is 3. The number of aromatic nitrogens is 1. The molecular formula is C16H18N2O2. The number of nitrogens with zero attached hydrogens (tertiary/aromatic N) is 1. The number of hydrogen-bond donors (Lipinski definition) is 1. The molecule has 0 fully saturated rings. The Morgan fingerprint density at radius 2 is 1.80 bits per heavy atom. The summed E-state index contributed by atoms with van der Waals surface area (Å²) >= 11 is 0. The topological polar surface area (TPSA) is 51.1 Å². The number of hydrogen-bond acceptors (Lipinski definition) is 2. The van der Waals surface area contributed by atoms with Gasteiger partial charge in [0.25, 0.3) is 5.56 Å². The van der Waals surface area contributed by atoms with Crippen molar-refractivity contribution >= 4 is 11.6 Å². The zero-order valence-electron chi connectivity index (χ0n) is 11.9. The first-order valence-electron chi connectivity index (χ1n) is 6.50. The minimum Gasteiger partial charge on any atom is -0.324 e. The smallest absolute Gasteiger partial charge is 0.251 e. The molecule has 0 atom stereocenters. The van der Waals surface area contributed by atoms with E-state index < -0.39 is 0 Å². The number of anilines is 1. The van der Waals surface area contributed by atoms with E-state index in [1.54, 1.807) is 12.3 Å². The summed E-state index contributed by atoms with van der Waals surface area (Å²) in [6, 6.07) is 9.09. The number of pyridine rings is 1. The molecule has 1 N–H and O–H groups in total. The van der Waals surface area contributed by atoms with E-state index in [9.17, 15) is 9.59 Å². The Bertz CT molecular complexity index is 702. The van der Waals surface area contributed by atoms with Crippen LogP contribution >= 0.6 is 0 Å². The van der Waals surface area contributed by atoms with Crippen LogP contribution in [-0.2, 0) is 11.3 Å². The number of carbonyl (C=O) groups is 1. The molecule has 4 nitrogen and oxygen atoms in total. The highest BCUT2D eigenvalue weighted by molar-refractivity contribution is 5.91. The summed E-state index contributed by atoms with van der Waals surface area (Å²) in [7, 11) is 0. The molecule has 0 aliphatic carbocycles. The molecule has 0 radical (unpaired) electrons. The normalized spacial score (nSPS) is 10.3. The predicted molar refractivity (Wildman–Crippen MR) is 80.0 cm³/mol. The second kappa shape index (κ2) is 5.74. The molecular weight excluding hydrogens is 252 g/mol. The lowest BCUT2D eigenvalue weighted by molar-refractivity contribution is -0.116. The van der Waals surface area contributed by atoms with E-state index in [4.69, 9.17) is 0 Å². The van der Waals surface area contributed by atoms with Gasteiger partial charge >= 0.3 is 0 Å². The van der Waals surface area contributed by atoms with Crippen molar-refractivity contribution in [2.45, 2.75) is 27.3 Å². The molecule has 1 aromatic carbocycles. The minimum atomic E-state index is -0.202. The van der Waals surface area contributed by atoms with Crippen LogP contribution in [0.1, 0.15) is 16.7 Å². The molecule has 0 spiro atoms. The molecule has 0 saturated heterocycles. The summed E-state index contributed by atoms with van der Waals surface area (Å²) in [5.74, 6) is -0.202. The Labute approximate surface area is 118 Å². The van der Waals surface area contributed by atoms with Gasteiger partial charge in [-0.25, -0.2) is 0 Å². The Balaban J connectivity index is 2.15. The van der Waals surface area contributed by atoms with Gasteiger partial charge < -0.3 is 9.88 Å². The molecule has 1 heterocycles. The van der Waals surface area contributed by atoms with Gasteiger partial charge in [-0.2, -0.15) is 0 Å². The fraction of sp³-hybridized carbons (Fsp3) is 0.250. The fourth-order valence-corrected chi connectivity index (χ4v) is 1.99. The molecule has 1 aromatic heterocycles. The van der Waals surface area contributed by atoms with Crippen LogP contribution in [-0.4, -0.2) is 10.5 Å². The van der Waals surface area contributed by atoms with Crippen molar-refractivity contribution in [3.63, 3.8) is 0 Å². The van der Waals surface area contributed by atoms with Crippen LogP contribution in [0.5, 0.6) is 0 Å². The van der Waals surface area contributed by atoms with Crippen molar-refractivity contribution in [3.05, 3.63) is 63.6 Å². The maximum Gasteiger partial charge on any atom is 0.251 e. The van der Waals surface area contributed by atoms with Crippen molar-refractivity contribution < 1.29 is 4.79 Å². The number of carbonyl (C=O) groups excluding carboxylic acids is 1. The van der Waals surface area contributed by atoms with Crippen LogP contribution in [0.25, 0.3) is 0 Å². The predicted octanol–water partition coefficient (Wildman–Crippen LogP) is 2.41. The van der Waals surface area contributed by atoms with Crippen LogP contribution in [0, 0.1) is 20.8 Å². The Morgan fingerprint density at radius 3 is 2.55 bits per heavy atom. The molecule has 2 rings (SSSR count). The lowest BCUT2D eigenvalue weighted by atomic mass is 10.1. The second-order valence-electron chi connectivity index (χ2n) is 5.04. The van der Waals surface area contributed by atoms with Gasteiger partial charge in [-0.3, -0.25) is 9.59 Å². The molecule has 4 heteroatoms. The van der Waals surface area contributed by atoms with Gasteiger partial charge in [-0.15, -0.1) is 0 Å². The van der Waals surface area contributed by atoms with E-state index in [-0.39, 0.29) is 18.0 Å². The summed E-state index contributed by atoms with van der Waals surface area (Å²) in [5, 5.41) is 2.85. The zero-order chi connectivity index (χ0) is 14.7. The van der Waals surface area contributed by atoms with Gasteiger partial charge in [0, 0.05) is 18.0 Å². The highest BCUT2D eigenvalue weighted by Gasteiger charge is 2.07. The van der Waals surface area contributed by atoms with Crippen molar-refractivity contribution in [2.24, 2.45) is 0 Å². The highest BCUT2D eigenvalue weighted by Crippen LogP contribution is 2.16. The van der Waals surface area contributed by atoms with E-state index in [0.29, 0.717) is 0 Å². The van der Waals surface area contributed by atoms with Gasteiger partial charge in [-0.05, 0) is 43.5 Å². The number of benzene rings is 1. The SMILES string of the molecule is Cc1ccc(C)c(NC(=O)Cn2cc(C)ccc2=O)c1. The molecule has 20 heavy (non-hydrogen) atoms. The van der Waals surface area contributed by atoms with Crippen molar-refractivity contribution in [1.29, 1.82) is 0 Å². The molecule has 1 amide bonds.